The molecule has 2 aromatic rings. The van der Waals surface area contributed by atoms with Crippen molar-refractivity contribution in [2.24, 2.45) is 11.7 Å². The van der Waals surface area contributed by atoms with Crippen LogP contribution >= 0.6 is 0 Å². The first-order valence-electron chi connectivity index (χ1n) is 20.6. The highest BCUT2D eigenvalue weighted by Gasteiger charge is 2.39. The molecule has 0 aliphatic carbocycles. The predicted molar refractivity (Wildman–Crippen MR) is 215 cm³/mol. The van der Waals surface area contributed by atoms with Crippen molar-refractivity contribution >= 4 is 41.4 Å². The number of amides is 7. The maximum atomic E-state index is 14.0. The molecule has 18 heteroatoms. The van der Waals surface area contributed by atoms with E-state index < -0.39 is 78.4 Å². The van der Waals surface area contributed by atoms with Crippen molar-refractivity contribution in [3.63, 3.8) is 0 Å². The SMILES string of the molecule is CC(=O)N1CCC[C@H]1C(=O)N[C@@H](CC(C)C)C(=O)N[C@@H](Cc1cncn1CCCCCCCCc1ccccc1)C(=O)N[C@@H](CO)C(=O)N[C@H](C(N)=O)[C@@H]1CC(=O)NO1. The molecular weight excluding hydrogens is 763 g/mol. The van der Waals surface area contributed by atoms with E-state index in [0.29, 0.717) is 31.6 Å². The zero-order chi connectivity index (χ0) is 42.9. The number of likely N-dealkylation sites (tertiary alicyclic amines) is 1. The van der Waals surface area contributed by atoms with Crippen LogP contribution in [0.15, 0.2) is 42.9 Å². The molecule has 324 valence electrons. The smallest absolute Gasteiger partial charge is 0.246 e. The second-order valence-electron chi connectivity index (χ2n) is 15.8. The third-order valence-electron chi connectivity index (χ3n) is 10.6. The molecule has 1 aromatic carbocycles. The summed E-state index contributed by atoms with van der Waals surface area (Å²) >= 11 is 0. The summed E-state index contributed by atoms with van der Waals surface area (Å²) in [5, 5.41) is 20.6. The number of aromatic nitrogens is 2. The minimum Gasteiger partial charge on any atom is -0.394 e. The third kappa shape index (κ3) is 14.5. The summed E-state index contributed by atoms with van der Waals surface area (Å²) in [7, 11) is 0. The topological polar surface area (TPSA) is 256 Å². The minimum atomic E-state index is -1.60. The van der Waals surface area contributed by atoms with Crippen LogP contribution in [0.2, 0.25) is 0 Å². The van der Waals surface area contributed by atoms with Crippen molar-refractivity contribution in [3.05, 3.63) is 54.1 Å². The number of nitrogens with two attached hydrogens (primary N) is 1. The predicted octanol–water partition coefficient (Wildman–Crippen LogP) is 0.303. The summed E-state index contributed by atoms with van der Waals surface area (Å²) in [6, 6.07) is 4.23. The number of carbonyl (C=O) groups excluding carboxylic acids is 7. The molecule has 1 aromatic heterocycles. The Bertz CT molecular complexity index is 1740. The molecule has 0 radical (unpaired) electrons. The Morgan fingerprint density at radius 2 is 1.58 bits per heavy atom. The molecule has 18 nitrogen and oxygen atoms in total. The van der Waals surface area contributed by atoms with Crippen LogP contribution in [-0.4, -0.2) is 110 Å². The lowest BCUT2D eigenvalue weighted by atomic mass is 10.0. The van der Waals surface area contributed by atoms with Gasteiger partial charge in [-0.2, -0.15) is 0 Å². The number of nitrogens with zero attached hydrogens (tertiary/aromatic N) is 3. The number of hydroxylamine groups is 1. The lowest BCUT2D eigenvalue weighted by Gasteiger charge is -2.28. The molecule has 2 saturated heterocycles. The Kier molecular flexibility index (Phi) is 18.3. The van der Waals surface area contributed by atoms with Gasteiger partial charge in [-0.1, -0.05) is 69.9 Å². The van der Waals surface area contributed by atoms with E-state index in [4.69, 9.17) is 10.6 Å². The number of carbonyl (C=O) groups is 7. The number of aliphatic hydroxyl groups is 1. The number of rotatable bonds is 24. The molecule has 0 saturated carbocycles. The van der Waals surface area contributed by atoms with Crippen LogP contribution in [0.3, 0.4) is 0 Å². The van der Waals surface area contributed by atoms with Crippen LogP contribution in [0.1, 0.15) is 96.2 Å². The van der Waals surface area contributed by atoms with E-state index in [9.17, 15) is 38.7 Å². The molecule has 2 aliphatic heterocycles. The van der Waals surface area contributed by atoms with E-state index in [2.05, 4.69) is 56.0 Å². The molecule has 8 N–H and O–H groups in total. The van der Waals surface area contributed by atoms with Gasteiger partial charge in [-0.15, -0.1) is 0 Å². The van der Waals surface area contributed by atoms with Crippen molar-refractivity contribution in [1.82, 2.24) is 41.2 Å². The summed E-state index contributed by atoms with van der Waals surface area (Å²) in [6.45, 7) is 5.30. The Balaban J connectivity index is 1.45. The molecule has 2 aliphatic rings. The molecule has 59 heavy (non-hydrogen) atoms. The number of imidazole rings is 1. The summed E-state index contributed by atoms with van der Waals surface area (Å²) < 4.78 is 1.90. The number of aryl methyl sites for hydroxylation is 2. The van der Waals surface area contributed by atoms with Crippen LogP contribution in [0.4, 0.5) is 0 Å². The third-order valence-corrected chi connectivity index (χ3v) is 10.6. The van der Waals surface area contributed by atoms with E-state index in [0.717, 1.165) is 44.9 Å². The van der Waals surface area contributed by atoms with Gasteiger partial charge < -0.3 is 41.6 Å². The molecular formula is C41H61N9O9. The summed E-state index contributed by atoms with van der Waals surface area (Å²) in [6.07, 6.45) is 10.4. The second-order valence-corrected chi connectivity index (χ2v) is 15.8. The van der Waals surface area contributed by atoms with E-state index in [1.54, 1.807) is 12.5 Å². The van der Waals surface area contributed by atoms with Gasteiger partial charge >= 0.3 is 0 Å². The summed E-state index contributed by atoms with van der Waals surface area (Å²) in [4.78, 5) is 102. The van der Waals surface area contributed by atoms with Crippen molar-refractivity contribution in [2.45, 2.75) is 141 Å². The van der Waals surface area contributed by atoms with Gasteiger partial charge in [-0.25, -0.2) is 10.5 Å². The Morgan fingerprint density at radius 3 is 2.22 bits per heavy atom. The van der Waals surface area contributed by atoms with Crippen molar-refractivity contribution in [2.75, 3.05) is 13.2 Å². The van der Waals surface area contributed by atoms with E-state index >= 15 is 0 Å². The average molecular weight is 824 g/mol. The maximum Gasteiger partial charge on any atom is 0.246 e. The van der Waals surface area contributed by atoms with Crippen LogP contribution in [0.25, 0.3) is 0 Å². The zero-order valence-electron chi connectivity index (χ0n) is 34.3. The van der Waals surface area contributed by atoms with Gasteiger partial charge in [0.2, 0.25) is 41.4 Å². The number of aliphatic hydroxyl groups excluding tert-OH is 1. The van der Waals surface area contributed by atoms with Crippen molar-refractivity contribution in [3.8, 4) is 0 Å². The first-order valence-corrected chi connectivity index (χ1v) is 20.6. The molecule has 3 heterocycles. The fraction of sp³-hybridized carbons (Fsp3) is 0.610. The lowest BCUT2D eigenvalue weighted by molar-refractivity contribution is -0.139. The normalized spacial score (nSPS) is 18.4. The highest BCUT2D eigenvalue weighted by atomic mass is 16.7. The number of unbranched alkanes of at least 4 members (excludes halogenated alkanes) is 5. The van der Waals surface area contributed by atoms with E-state index in [-0.39, 0.29) is 31.1 Å². The minimum absolute atomic E-state index is 0.0499. The summed E-state index contributed by atoms with van der Waals surface area (Å²) in [5.41, 5.74) is 9.52. The molecule has 7 amide bonds. The van der Waals surface area contributed by atoms with Crippen LogP contribution in [0, 0.1) is 5.92 Å². The van der Waals surface area contributed by atoms with Crippen molar-refractivity contribution < 1.29 is 43.5 Å². The highest BCUT2D eigenvalue weighted by molar-refractivity contribution is 5.96. The van der Waals surface area contributed by atoms with E-state index in [1.165, 1.54) is 17.4 Å². The van der Waals surface area contributed by atoms with Crippen LogP contribution in [-0.2, 0) is 57.8 Å². The maximum absolute atomic E-state index is 14.0. The van der Waals surface area contributed by atoms with Crippen LogP contribution in [0.5, 0.6) is 0 Å². The number of benzene rings is 1. The first kappa shape index (κ1) is 46.3. The van der Waals surface area contributed by atoms with Gasteiger partial charge in [0.15, 0.2) is 0 Å². The monoisotopic (exact) mass is 823 g/mol. The first-order chi connectivity index (χ1) is 28.3. The molecule has 2 fully saturated rings. The number of hydrogen-bond donors (Lipinski definition) is 7. The Labute approximate surface area is 345 Å². The highest BCUT2D eigenvalue weighted by Crippen LogP contribution is 2.19. The largest absolute Gasteiger partial charge is 0.394 e. The van der Waals surface area contributed by atoms with Crippen LogP contribution < -0.4 is 32.5 Å². The van der Waals surface area contributed by atoms with Gasteiger partial charge in [-0.05, 0) is 50.0 Å². The van der Waals surface area contributed by atoms with Gasteiger partial charge in [0.05, 0.1) is 19.4 Å². The number of nitrogens with one attached hydrogen (secondary N) is 5. The lowest BCUT2D eigenvalue weighted by Crippen LogP contribution is -2.61. The standard InChI is InChI=1S/C41H61N9O9/c1-26(2)20-30(45-41(58)33-17-13-19-50(33)27(3)52)38(55)44-31(39(56)46-32(24-51)40(57)47-36(37(42)54)34-22-35(53)48-59-34)21-29-23-43-25-49(29)18-12-7-5-4-6-9-14-28-15-10-8-11-16-28/h8,10-11,15-16,23,25-26,30-34,36,51H,4-7,9,12-14,17-22,24H2,1-3H3,(H2,42,54)(H,44,55)(H,45,58)(H,46,56)(H,47,57)(H,48,53)/t30-,31-,32-,33-,34-,36-/m0/s1. The average Bonchev–Trinajstić information content (AvgIpc) is 3.98. The van der Waals surface area contributed by atoms with Gasteiger partial charge in [0, 0.05) is 38.3 Å². The van der Waals surface area contributed by atoms with Gasteiger partial charge in [0.1, 0.15) is 36.3 Å². The fourth-order valence-corrected chi connectivity index (χ4v) is 7.42. The molecule has 0 unspecified atom stereocenters. The Hall–Kier alpha value is -5.36. The second kappa shape index (κ2) is 23.3. The molecule has 0 bridgehead atoms. The zero-order valence-corrected chi connectivity index (χ0v) is 34.3. The number of primary amides is 1. The quantitative estimate of drug-likeness (QED) is 0.0713. The number of hydrogen-bond acceptors (Lipinski definition) is 10. The van der Waals surface area contributed by atoms with E-state index in [1.807, 2.05) is 24.5 Å². The Morgan fingerprint density at radius 1 is 0.915 bits per heavy atom. The molecule has 0 spiro atoms. The molecule has 4 rings (SSSR count). The molecule has 6 atom stereocenters. The van der Waals surface area contributed by atoms with Gasteiger partial charge in [0.25, 0.3) is 0 Å². The van der Waals surface area contributed by atoms with Crippen molar-refractivity contribution in [1.29, 1.82) is 0 Å². The summed E-state index contributed by atoms with van der Waals surface area (Å²) in [5.74, 6) is -4.79. The van der Waals surface area contributed by atoms with Gasteiger partial charge in [-0.3, -0.25) is 38.4 Å². The fourth-order valence-electron chi connectivity index (χ4n) is 7.42.